The third kappa shape index (κ3) is 2.95. The van der Waals surface area contributed by atoms with E-state index in [1.54, 1.807) is 12.1 Å². The van der Waals surface area contributed by atoms with Gasteiger partial charge in [-0.1, -0.05) is 18.2 Å². The molecule has 3 unspecified atom stereocenters. The summed E-state index contributed by atoms with van der Waals surface area (Å²) in [5.74, 6) is 0.168. The number of carbonyl (C=O) groups excluding carboxylic acids is 2. The van der Waals surface area contributed by atoms with Crippen LogP contribution in [0.2, 0.25) is 0 Å². The zero-order valence-electron chi connectivity index (χ0n) is 14.8. The van der Waals surface area contributed by atoms with Crippen molar-refractivity contribution in [1.29, 1.82) is 0 Å². The van der Waals surface area contributed by atoms with E-state index in [4.69, 9.17) is 9.47 Å². The minimum atomic E-state index is -0.434. The second kappa shape index (κ2) is 6.76. The first-order chi connectivity index (χ1) is 12.0. The van der Waals surface area contributed by atoms with E-state index in [9.17, 15) is 9.59 Å². The number of para-hydroxylation sites is 1. The Bertz CT molecular complexity index is 731. The van der Waals surface area contributed by atoms with Gasteiger partial charge in [-0.05, 0) is 19.9 Å². The number of benzene rings is 1. The molecule has 1 aromatic rings. The molecule has 0 aliphatic carbocycles. The Labute approximate surface area is 146 Å². The molecule has 0 bridgehead atoms. The van der Waals surface area contributed by atoms with E-state index in [0.29, 0.717) is 11.3 Å². The Morgan fingerprint density at radius 3 is 2.68 bits per heavy atom. The number of nitrogens with zero attached hydrogens (tertiary/aromatic N) is 1. The maximum absolute atomic E-state index is 12.9. The molecule has 2 aliphatic rings. The zero-order valence-corrected chi connectivity index (χ0v) is 14.8. The molecule has 2 N–H and O–H groups in total. The number of rotatable bonds is 4. The summed E-state index contributed by atoms with van der Waals surface area (Å²) in [4.78, 5) is 24.5. The Hall–Kier alpha value is -2.54. The number of ether oxygens (including phenoxy) is 2. The largest absolute Gasteiger partial charge is 0.496 e. The van der Waals surface area contributed by atoms with Crippen LogP contribution >= 0.6 is 0 Å². The van der Waals surface area contributed by atoms with Gasteiger partial charge in [-0.3, -0.25) is 14.6 Å². The van der Waals surface area contributed by atoms with Gasteiger partial charge in [-0.2, -0.15) is 0 Å². The van der Waals surface area contributed by atoms with E-state index in [1.807, 2.05) is 38.1 Å². The monoisotopic (exact) mass is 345 g/mol. The molecule has 0 saturated carbocycles. The van der Waals surface area contributed by atoms with Gasteiger partial charge in [-0.15, -0.1) is 0 Å². The summed E-state index contributed by atoms with van der Waals surface area (Å²) in [6.07, 6.45) is -0.299. The molecular formula is C18H23N3O4. The highest BCUT2D eigenvalue weighted by Crippen LogP contribution is 2.38. The van der Waals surface area contributed by atoms with Crippen LogP contribution in [-0.2, 0) is 14.3 Å². The van der Waals surface area contributed by atoms with Crippen LogP contribution in [0.25, 0.3) is 0 Å². The van der Waals surface area contributed by atoms with E-state index >= 15 is 0 Å². The van der Waals surface area contributed by atoms with Gasteiger partial charge < -0.3 is 14.8 Å². The summed E-state index contributed by atoms with van der Waals surface area (Å²) in [5, 5.41) is 4.95. The quantitative estimate of drug-likeness (QED) is 0.801. The number of nitrogens with one attached hydrogen (secondary N) is 2. The maximum atomic E-state index is 12.9. The first-order valence-corrected chi connectivity index (χ1v) is 8.23. The van der Waals surface area contributed by atoms with Gasteiger partial charge in [0.05, 0.1) is 20.6 Å². The molecular weight excluding hydrogens is 322 g/mol. The van der Waals surface area contributed by atoms with Gasteiger partial charge in [0.15, 0.2) is 0 Å². The number of carbonyl (C=O) groups is 2. The van der Waals surface area contributed by atoms with E-state index in [2.05, 4.69) is 10.7 Å². The Balaban J connectivity index is 1.95. The first kappa shape index (κ1) is 17.3. The van der Waals surface area contributed by atoms with Crippen LogP contribution in [0.5, 0.6) is 5.75 Å². The van der Waals surface area contributed by atoms with Crippen molar-refractivity contribution in [2.45, 2.75) is 38.4 Å². The molecule has 1 amide bonds. The molecule has 7 nitrogen and oxygen atoms in total. The summed E-state index contributed by atoms with van der Waals surface area (Å²) >= 11 is 0. The smallest absolute Gasteiger partial charge is 0.310 e. The van der Waals surface area contributed by atoms with Crippen molar-refractivity contribution in [3.63, 3.8) is 0 Å². The first-order valence-electron chi connectivity index (χ1n) is 8.23. The Morgan fingerprint density at radius 2 is 2.00 bits per heavy atom. The molecule has 3 rings (SSSR count). The van der Waals surface area contributed by atoms with Gasteiger partial charge in [0.1, 0.15) is 11.9 Å². The van der Waals surface area contributed by atoms with Crippen LogP contribution in [0.15, 0.2) is 35.5 Å². The lowest BCUT2D eigenvalue weighted by molar-refractivity contribution is -0.142. The number of esters is 1. The highest BCUT2D eigenvalue weighted by atomic mass is 16.5. The van der Waals surface area contributed by atoms with Gasteiger partial charge in [0.25, 0.3) is 5.91 Å². The lowest BCUT2D eigenvalue weighted by Gasteiger charge is -2.35. The summed E-state index contributed by atoms with van der Waals surface area (Å²) in [5.41, 5.74) is 5.38. The Kier molecular flexibility index (Phi) is 4.67. The number of amides is 1. The molecule has 7 heteroatoms. The molecule has 2 aliphatic heterocycles. The summed E-state index contributed by atoms with van der Waals surface area (Å²) in [7, 11) is 2.96. The number of methoxy groups -OCH3 is 2. The SMILES string of the molecule is COC(=O)CC1=C(C)NC2C(c3ccccc3OC)C(C)NN2C1=O. The molecule has 3 atom stereocenters. The lowest BCUT2D eigenvalue weighted by Crippen LogP contribution is -2.54. The molecule has 0 aromatic heterocycles. The average Bonchev–Trinajstić information content (AvgIpc) is 2.94. The molecule has 0 spiro atoms. The van der Waals surface area contributed by atoms with Crippen LogP contribution < -0.4 is 15.5 Å². The van der Waals surface area contributed by atoms with E-state index in [-0.39, 0.29) is 30.5 Å². The predicted molar refractivity (Wildman–Crippen MR) is 91.4 cm³/mol. The van der Waals surface area contributed by atoms with Crippen molar-refractivity contribution >= 4 is 11.9 Å². The number of fused-ring (bicyclic) bond motifs is 1. The van der Waals surface area contributed by atoms with Crippen LogP contribution in [0.3, 0.4) is 0 Å². The third-order valence-electron chi connectivity index (χ3n) is 4.84. The normalized spacial score (nSPS) is 25.5. The highest BCUT2D eigenvalue weighted by molar-refractivity contribution is 5.99. The van der Waals surface area contributed by atoms with Crippen molar-refractivity contribution in [2.24, 2.45) is 0 Å². The van der Waals surface area contributed by atoms with Gasteiger partial charge in [-0.25, -0.2) is 5.43 Å². The molecule has 25 heavy (non-hydrogen) atoms. The van der Waals surface area contributed by atoms with Crippen molar-refractivity contribution in [1.82, 2.24) is 15.8 Å². The maximum Gasteiger partial charge on any atom is 0.310 e. The van der Waals surface area contributed by atoms with Gasteiger partial charge in [0.2, 0.25) is 0 Å². The van der Waals surface area contributed by atoms with Gasteiger partial charge >= 0.3 is 5.97 Å². The number of hydrazine groups is 1. The van der Waals surface area contributed by atoms with Crippen molar-refractivity contribution in [3.05, 3.63) is 41.1 Å². The molecule has 1 fully saturated rings. The van der Waals surface area contributed by atoms with Crippen LogP contribution in [0.1, 0.15) is 31.7 Å². The van der Waals surface area contributed by atoms with Crippen molar-refractivity contribution in [3.8, 4) is 5.75 Å². The highest BCUT2D eigenvalue weighted by Gasteiger charge is 2.47. The Morgan fingerprint density at radius 1 is 1.28 bits per heavy atom. The topological polar surface area (TPSA) is 79.9 Å². The number of hydrogen-bond donors (Lipinski definition) is 2. The van der Waals surface area contributed by atoms with E-state index in [0.717, 1.165) is 11.3 Å². The standard InChI is InChI=1S/C18H23N3O4/c1-10-13(9-15(22)25-4)18(23)21-17(19-10)16(11(2)20-21)12-7-5-6-8-14(12)24-3/h5-8,11,16-17,19-20H,9H2,1-4H3. The van der Waals surface area contributed by atoms with Crippen LogP contribution in [-0.4, -0.2) is 43.3 Å². The van der Waals surface area contributed by atoms with E-state index in [1.165, 1.54) is 7.11 Å². The second-order valence-corrected chi connectivity index (χ2v) is 6.31. The van der Waals surface area contributed by atoms with Crippen molar-refractivity contribution < 1.29 is 19.1 Å². The van der Waals surface area contributed by atoms with E-state index < -0.39 is 5.97 Å². The molecule has 134 valence electrons. The fourth-order valence-electron chi connectivity index (χ4n) is 3.57. The fourth-order valence-corrected chi connectivity index (χ4v) is 3.57. The molecule has 1 saturated heterocycles. The van der Waals surface area contributed by atoms with Crippen LogP contribution in [0.4, 0.5) is 0 Å². The van der Waals surface area contributed by atoms with Gasteiger partial charge in [0, 0.05) is 28.8 Å². The van der Waals surface area contributed by atoms with Crippen LogP contribution in [0, 0.1) is 0 Å². The minimum Gasteiger partial charge on any atom is -0.496 e. The summed E-state index contributed by atoms with van der Waals surface area (Å²) in [6.45, 7) is 3.84. The lowest BCUT2D eigenvalue weighted by atomic mass is 9.89. The minimum absolute atomic E-state index is 0.00901. The third-order valence-corrected chi connectivity index (χ3v) is 4.84. The summed E-state index contributed by atoms with van der Waals surface area (Å²) in [6, 6.07) is 7.83. The van der Waals surface area contributed by atoms with Crippen molar-refractivity contribution in [2.75, 3.05) is 14.2 Å². The molecule has 0 radical (unpaired) electrons. The second-order valence-electron chi connectivity index (χ2n) is 6.31. The number of hydrogen-bond acceptors (Lipinski definition) is 6. The fraction of sp³-hybridized carbons (Fsp3) is 0.444. The molecule has 1 aromatic carbocycles. The predicted octanol–water partition coefficient (Wildman–Crippen LogP) is 1.28. The molecule has 2 heterocycles. The zero-order chi connectivity index (χ0) is 18.1. The number of allylic oxidation sites excluding steroid dienone is 1. The summed E-state index contributed by atoms with van der Waals surface area (Å²) < 4.78 is 10.2. The average molecular weight is 345 g/mol.